The number of hydrogen-bond donors (Lipinski definition) is 1. The van der Waals surface area contributed by atoms with E-state index in [2.05, 4.69) is 113 Å². The van der Waals surface area contributed by atoms with E-state index in [0.29, 0.717) is 28.7 Å². The van der Waals surface area contributed by atoms with E-state index >= 15 is 0 Å². The molecule has 182 valence electrons. The van der Waals surface area contributed by atoms with Crippen molar-refractivity contribution in [3.05, 3.63) is 47.2 Å². The first-order valence-electron chi connectivity index (χ1n) is 10.8. The van der Waals surface area contributed by atoms with Gasteiger partial charge in [-0.25, -0.2) is 4.79 Å². The second-order valence-electron chi connectivity index (χ2n) is 9.47. The number of benzene rings is 2. The van der Waals surface area contributed by atoms with Gasteiger partial charge < -0.3 is 4.74 Å². The number of esters is 1. The maximum Gasteiger partial charge on any atom is 0.345 e. The third-order valence-electron chi connectivity index (χ3n) is 7.47. The van der Waals surface area contributed by atoms with Crippen molar-refractivity contribution in [2.75, 3.05) is 0 Å². The van der Waals surface area contributed by atoms with Gasteiger partial charge in [0.05, 0.1) is 10.5 Å². The molecule has 0 amide bonds. The van der Waals surface area contributed by atoms with Gasteiger partial charge in [-0.15, -0.1) is 0 Å². The Morgan fingerprint density at radius 3 is 1.82 bits per heavy atom. The van der Waals surface area contributed by atoms with Crippen molar-refractivity contribution in [2.45, 2.75) is 42.9 Å². The highest BCUT2D eigenvalue weighted by molar-refractivity contribution is 14.1. The Bertz CT molecular complexity index is 1250. The Labute approximate surface area is 267 Å². The Morgan fingerprint density at radius 2 is 1.32 bits per heavy atom. The zero-order chi connectivity index (χ0) is 24.5. The van der Waals surface area contributed by atoms with Crippen molar-refractivity contribution in [1.82, 2.24) is 0 Å². The lowest BCUT2D eigenvalue weighted by molar-refractivity contribution is -0.00373. The molecular weight excluding hydrogens is 1020 g/mol. The predicted octanol–water partition coefficient (Wildman–Crippen LogP) is 7.72. The molecule has 0 unspecified atom stereocenters. The molecule has 34 heavy (non-hydrogen) atoms. The second kappa shape index (κ2) is 10.2. The van der Waals surface area contributed by atoms with E-state index in [4.69, 9.17) is 4.74 Å². The quantitative estimate of drug-likeness (QED) is 0.0849. The van der Waals surface area contributed by atoms with Crippen molar-refractivity contribution in [3.8, 4) is 5.75 Å². The minimum Gasteiger partial charge on any atom is -0.423 e. The van der Waals surface area contributed by atoms with Gasteiger partial charge in [-0.05, 0) is 198 Å². The van der Waals surface area contributed by atoms with Gasteiger partial charge in [0.1, 0.15) is 5.75 Å². The van der Waals surface area contributed by atoms with Gasteiger partial charge in [-0.1, -0.05) is 0 Å². The highest BCUT2D eigenvalue weighted by atomic mass is 127. The highest BCUT2D eigenvalue weighted by Crippen LogP contribution is 2.60. The van der Waals surface area contributed by atoms with E-state index in [9.17, 15) is 17.8 Å². The lowest BCUT2D eigenvalue weighted by Gasteiger charge is -2.54. The molecule has 11 heteroatoms. The van der Waals surface area contributed by atoms with Crippen LogP contribution in [-0.2, 0) is 10.1 Å². The highest BCUT2D eigenvalue weighted by Gasteiger charge is 2.49. The van der Waals surface area contributed by atoms with Gasteiger partial charge in [0, 0.05) is 17.9 Å². The number of carbonyl (C=O) groups excluding carboxylic acids is 1. The molecule has 4 bridgehead atoms. The fourth-order valence-electron chi connectivity index (χ4n) is 6.46. The molecular formula is C23H19I5O5S. The Balaban J connectivity index is 1.53. The molecule has 4 aliphatic rings. The molecule has 4 saturated carbocycles. The number of rotatable bonds is 4. The van der Waals surface area contributed by atoms with Gasteiger partial charge in [-0.2, -0.15) is 8.42 Å². The molecule has 1 N–H and O–H groups in total. The number of carbonyl (C=O) groups is 1. The molecule has 0 radical (unpaired) electrons. The summed E-state index contributed by atoms with van der Waals surface area (Å²) >= 11 is 11.1. The summed E-state index contributed by atoms with van der Waals surface area (Å²) in [7, 11) is -4.39. The zero-order valence-corrected chi connectivity index (χ0v) is 29.1. The number of hydrogen-bond acceptors (Lipinski definition) is 4. The van der Waals surface area contributed by atoms with Crippen LogP contribution in [0, 0.1) is 41.5 Å². The van der Waals surface area contributed by atoms with E-state index in [1.165, 1.54) is 18.6 Å². The van der Waals surface area contributed by atoms with Gasteiger partial charge in [0.2, 0.25) is 0 Å². The van der Waals surface area contributed by atoms with Gasteiger partial charge in [0.25, 0.3) is 10.1 Å². The van der Waals surface area contributed by atoms with Crippen LogP contribution < -0.4 is 4.74 Å². The summed E-state index contributed by atoms with van der Waals surface area (Å²) in [6, 6.07) is 4.56. The van der Waals surface area contributed by atoms with Crippen LogP contribution in [0.4, 0.5) is 0 Å². The standard InChI is InChI=1S/C23H19I5O5S/c24-18-17(19(25)21(27)22(28)20(18)26)23(29)33-13-1-2-15(34(30,31)32)14(8-13)16-11-4-9-3-10(6-11)7-12(16)5-9/h1-2,8-12,16H,3-7H2,(H,30,31,32). The van der Waals surface area contributed by atoms with Crippen LogP contribution in [0.5, 0.6) is 5.75 Å². The van der Waals surface area contributed by atoms with E-state index in [-0.39, 0.29) is 10.8 Å². The molecule has 0 spiro atoms. The third kappa shape index (κ3) is 4.95. The van der Waals surface area contributed by atoms with Crippen LogP contribution in [-0.4, -0.2) is 18.9 Å². The number of halogens is 5. The molecule has 0 aromatic heterocycles. The van der Waals surface area contributed by atoms with E-state index in [1.54, 1.807) is 6.07 Å². The van der Waals surface area contributed by atoms with Crippen molar-refractivity contribution in [3.63, 3.8) is 0 Å². The Morgan fingerprint density at radius 1 is 0.824 bits per heavy atom. The zero-order valence-electron chi connectivity index (χ0n) is 17.5. The molecule has 0 saturated heterocycles. The van der Waals surface area contributed by atoms with E-state index in [0.717, 1.165) is 55.4 Å². The second-order valence-corrected chi connectivity index (χ2v) is 16.2. The van der Waals surface area contributed by atoms with Crippen molar-refractivity contribution < 1.29 is 22.5 Å². The minimum absolute atomic E-state index is 0.0488. The molecule has 0 heterocycles. The maximum atomic E-state index is 13.3. The summed E-state index contributed by atoms with van der Waals surface area (Å²) in [6.45, 7) is 0. The first-order chi connectivity index (χ1) is 16.0. The third-order valence-corrected chi connectivity index (χ3v) is 17.9. The topological polar surface area (TPSA) is 80.7 Å². The fourth-order valence-corrected chi connectivity index (χ4v) is 12.4. The van der Waals surface area contributed by atoms with E-state index in [1.807, 2.05) is 0 Å². The van der Waals surface area contributed by atoms with Crippen LogP contribution in [0.15, 0.2) is 23.1 Å². The minimum atomic E-state index is -4.39. The first kappa shape index (κ1) is 27.1. The van der Waals surface area contributed by atoms with Crippen LogP contribution in [0.2, 0.25) is 0 Å². The fraction of sp³-hybridized carbons (Fsp3) is 0.435. The predicted molar refractivity (Wildman–Crippen MR) is 171 cm³/mol. The Hall–Kier alpha value is 1.47. The first-order valence-corrected chi connectivity index (χ1v) is 17.6. The molecule has 2 aromatic rings. The van der Waals surface area contributed by atoms with Gasteiger partial charge in [-0.3, -0.25) is 4.55 Å². The van der Waals surface area contributed by atoms with Crippen molar-refractivity contribution in [1.29, 1.82) is 0 Å². The SMILES string of the molecule is O=C(Oc1ccc(S(=O)(=O)O)c(C2C3CC4CC(C3)CC2C4)c1)c1c(I)c(I)c(I)c(I)c1I. The molecule has 0 atom stereocenters. The normalized spacial score (nSPS) is 27.8. The van der Waals surface area contributed by atoms with Gasteiger partial charge in [0.15, 0.2) is 0 Å². The van der Waals surface area contributed by atoms with Crippen LogP contribution in [0.1, 0.15) is 53.9 Å². The summed E-state index contributed by atoms with van der Waals surface area (Å²) in [6.07, 6.45) is 5.75. The molecule has 2 aromatic carbocycles. The average molecular weight is 1040 g/mol. The van der Waals surface area contributed by atoms with Crippen LogP contribution in [0.25, 0.3) is 0 Å². The summed E-state index contributed by atoms with van der Waals surface area (Å²) in [5, 5.41) is 0. The monoisotopic (exact) mass is 1040 g/mol. The molecule has 5 nitrogen and oxygen atoms in total. The average Bonchev–Trinajstić information content (AvgIpc) is 2.75. The number of ether oxygens (including phenoxy) is 1. The lowest BCUT2D eigenvalue weighted by atomic mass is 9.51. The molecule has 4 fully saturated rings. The summed E-state index contributed by atoms with van der Waals surface area (Å²) < 4.78 is 45.2. The maximum absolute atomic E-state index is 13.3. The molecule has 4 aliphatic carbocycles. The van der Waals surface area contributed by atoms with Crippen LogP contribution >= 0.6 is 113 Å². The largest absolute Gasteiger partial charge is 0.423 e. The smallest absolute Gasteiger partial charge is 0.345 e. The molecule has 6 rings (SSSR count). The summed E-state index contributed by atoms with van der Waals surface area (Å²) in [5.74, 6) is 2.25. The van der Waals surface area contributed by atoms with Gasteiger partial charge >= 0.3 is 5.97 Å². The Kier molecular flexibility index (Phi) is 8.13. The van der Waals surface area contributed by atoms with Crippen LogP contribution in [0.3, 0.4) is 0 Å². The lowest BCUT2D eigenvalue weighted by Crippen LogP contribution is -2.44. The van der Waals surface area contributed by atoms with E-state index < -0.39 is 16.1 Å². The molecule has 0 aliphatic heterocycles. The summed E-state index contributed by atoms with van der Waals surface area (Å²) in [4.78, 5) is 13.2. The van der Waals surface area contributed by atoms with Crippen molar-refractivity contribution >= 4 is 129 Å². The van der Waals surface area contributed by atoms with Crippen molar-refractivity contribution in [2.24, 2.45) is 23.7 Å². The summed E-state index contributed by atoms with van der Waals surface area (Å²) in [5.41, 5.74) is 1.13.